The van der Waals surface area contributed by atoms with Gasteiger partial charge in [-0.3, -0.25) is 0 Å². The number of carbonyl (C=O) groups is 1. The van der Waals surface area contributed by atoms with Crippen molar-refractivity contribution in [1.29, 1.82) is 0 Å². The fourth-order valence-corrected chi connectivity index (χ4v) is 0.734. The summed E-state index contributed by atoms with van der Waals surface area (Å²) >= 11 is 0. The highest BCUT2D eigenvalue weighted by Crippen LogP contribution is 2.05. The quantitative estimate of drug-likeness (QED) is 0.878. The Bertz CT molecular complexity index is 290. The molecule has 0 amide bonds. The van der Waals surface area contributed by atoms with E-state index in [4.69, 9.17) is 9.84 Å². The second kappa shape index (κ2) is 5.53. The van der Waals surface area contributed by atoms with Crippen LogP contribution in [0, 0.1) is 6.92 Å². The molecule has 0 radical (unpaired) electrons. The van der Waals surface area contributed by atoms with Crippen molar-refractivity contribution < 1.29 is 14.6 Å². The fourth-order valence-electron chi connectivity index (χ4n) is 0.734. The summed E-state index contributed by atoms with van der Waals surface area (Å²) < 4.78 is 4.84. The molecule has 0 saturated heterocycles. The van der Waals surface area contributed by atoms with Gasteiger partial charge < -0.3 is 9.84 Å². The van der Waals surface area contributed by atoms with E-state index in [1.54, 1.807) is 12.1 Å². The summed E-state index contributed by atoms with van der Waals surface area (Å²) in [5, 5.41) is 8.29. The number of nitrogens with zero attached hydrogens (tertiary/aromatic N) is 1. The predicted molar refractivity (Wildman–Crippen MR) is 52.4 cm³/mol. The third-order valence-corrected chi connectivity index (χ3v) is 1.21. The second-order valence-corrected chi connectivity index (χ2v) is 2.30. The number of aliphatic carboxylic acids is 1. The van der Waals surface area contributed by atoms with Gasteiger partial charge in [0.25, 0.3) is 0 Å². The maximum Gasteiger partial charge on any atom is 0.341 e. The van der Waals surface area contributed by atoms with Crippen molar-refractivity contribution >= 4 is 23.0 Å². The minimum atomic E-state index is -1.00. The van der Waals surface area contributed by atoms with Gasteiger partial charge in [-0.15, -0.1) is 17.0 Å². The lowest BCUT2D eigenvalue weighted by molar-refractivity contribution is -0.139. The fraction of sp³-hybridized carbons (Fsp3) is 0.250. The molecule has 5 heteroatoms. The molecule has 13 heavy (non-hydrogen) atoms. The molecule has 1 aromatic heterocycles. The molecule has 0 fully saturated rings. The number of ether oxygens (including phenoxy) is 1. The van der Waals surface area contributed by atoms with Crippen molar-refractivity contribution in [2.45, 2.75) is 6.92 Å². The van der Waals surface area contributed by atoms with Crippen LogP contribution in [0.4, 0.5) is 0 Å². The number of carboxylic acid groups (broad SMARTS) is 1. The molecule has 0 atom stereocenters. The average Bonchev–Trinajstić information content (AvgIpc) is 2.01. The van der Waals surface area contributed by atoms with Gasteiger partial charge in [0.05, 0.1) is 0 Å². The lowest BCUT2D eigenvalue weighted by atomic mass is 10.4. The van der Waals surface area contributed by atoms with Gasteiger partial charge in [-0.25, -0.2) is 9.78 Å². The van der Waals surface area contributed by atoms with E-state index in [1.165, 1.54) is 0 Å². The zero-order valence-electron chi connectivity index (χ0n) is 7.06. The number of rotatable bonds is 3. The summed E-state index contributed by atoms with van der Waals surface area (Å²) in [6.07, 6.45) is 0. The first-order valence-corrected chi connectivity index (χ1v) is 3.47. The van der Waals surface area contributed by atoms with Crippen LogP contribution in [0.1, 0.15) is 5.69 Å². The van der Waals surface area contributed by atoms with E-state index in [9.17, 15) is 4.79 Å². The van der Waals surface area contributed by atoms with Crippen LogP contribution >= 0.6 is 17.0 Å². The van der Waals surface area contributed by atoms with Gasteiger partial charge >= 0.3 is 5.97 Å². The maximum atomic E-state index is 10.1. The molecular weight excluding hydrogens is 238 g/mol. The summed E-state index contributed by atoms with van der Waals surface area (Å²) in [6.45, 7) is 1.46. The molecule has 0 aromatic carbocycles. The van der Waals surface area contributed by atoms with E-state index < -0.39 is 5.97 Å². The van der Waals surface area contributed by atoms with Crippen molar-refractivity contribution in [3.63, 3.8) is 0 Å². The van der Waals surface area contributed by atoms with Crippen molar-refractivity contribution in [3.05, 3.63) is 23.9 Å². The minimum Gasteiger partial charge on any atom is -0.479 e. The molecule has 0 saturated carbocycles. The number of halogens is 1. The predicted octanol–water partition coefficient (Wildman–Crippen LogP) is 1.43. The highest BCUT2D eigenvalue weighted by molar-refractivity contribution is 8.93. The summed E-state index contributed by atoms with van der Waals surface area (Å²) in [5.74, 6) is -0.657. The average molecular weight is 248 g/mol. The number of hydrogen-bond donors (Lipinski definition) is 1. The van der Waals surface area contributed by atoms with E-state index in [0.717, 1.165) is 5.69 Å². The second-order valence-electron chi connectivity index (χ2n) is 2.30. The SMILES string of the molecule is Br.Cc1cccc(OCC(=O)O)n1. The Morgan fingerprint density at radius 3 is 2.85 bits per heavy atom. The topological polar surface area (TPSA) is 59.4 Å². The monoisotopic (exact) mass is 247 g/mol. The van der Waals surface area contributed by atoms with Gasteiger partial charge in [0.2, 0.25) is 5.88 Å². The summed E-state index contributed by atoms with van der Waals surface area (Å²) in [5.41, 5.74) is 0.804. The van der Waals surface area contributed by atoms with Gasteiger partial charge in [-0.1, -0.05) is 6.07 Å². The van der Waals surface area contributed by atoms with Crippen molar-refractivity contribution in [3.8, 4) is 5.88 Å². The number of carboxylic acids is 1. The smallest absolute Gasteiger partial charge is 0.341 e. The van der Waals surface area contributed by atoms with Gasteiger partial charge in [0, 0.05) is 11.8 Å². The van der Waals surface area contributed by atoms with E-state index in [2.05, 4.69) is 4.98 Å². The molecule has 1 heterocycles. The van der Waals surface area contributed by atoms with E-state index in [0.29, 0.717) is 5.88 Å². The Morgan fingerprint density at radius 2 is 2.31 bits per heavy atom. The normalized spacial score (nSPS) is 8.69. The molecule has 0 aliphatic heterocycles. The van der Waals surface area contributed by atoms with Gasteiger partial charge in [-0.05, 0) is 13.0 Å². The van der Waals surface area contributed by atoms with Gasteiger partial charge in [-0.2, -0.15) is 0 Å². The van der Waals surface area contributed by atoms with Crippen molar-refractivity contribution in [2.75, 3.05) is 6.61 Å². The standard InChI is InChI=1S/C8H9NO3.BrH/c1-6-3-2-4-7(9-6)12-5-8(10)11;/h2-4H,5H2,1H3,(H,10,11);1H. The Hall–Kier alpha value is -1.10. The van der Waals surface area contributed by atoms with E-state index in [1.807, 2.05) is 13.0 Å². The van der Waals surface area contributed by atoms with Crippen molar-refractivity contribution in [1.82, 2.24) is 4.98 Å². The molecule has 0 bridgehead atoms. The zero-order chi connectivity index (χ0) is 8.97. The highest BCUT2D eigenvalue weighted by Gasteiger charge is 1.99. The molecule has 4 nitrogen and oxygen atoms in total. The molecule has 0 unspecified atom stereocenters. The van der Waals surface area contributed by atoms with Crippen LogP contribution in [0.5, 0.6) is 5.88 Å². The molecule has 0 spiro atoms. The van der Waals surface area contributed by atoms with Gasteiger partial charge in [0.1, 0.15) is 0 Å². The van der Waals surface area contributed by atoms with Crippen LogP contribution in [0.25, 0.3) is 0 Å². The zero-order valence-corrected chi connectivity index (χ0v) is 8.77. The Balaban J connectivity index is 0.00000144. The molecular formula is C8H10BrNO3. The lowest BCUT2D eigenvalue weighted by Gasteiger charge is -2.01. The van der Waals surface area contributed by atoms with Crippen LogP contribution in [0.3, 0.4) is 0 Å². The summed E-state index contributed by atoms with van der Waals surface area (Å²) in [7, 11) is 0. The van der Waals surface area contributed by atoms with Gasteiger partial charge in [0.15, 0.2) is 6.61 Å². The Kier molecular flexibility index (Phi) is 5.06. The first-order valence-electron chi connectivity index (χ1n) is 3.47. The van der Waals surface area contributed by atoms with Crippen LogP contribution in [-0.2, 0) is 4.79 Å². The van der Waals surface area contributed by atoms with Crippen LogP contribution in [-0.4, -0.2) is 22.7 Å². The first kappa shape index (κ1) is 11.9. The van der Waals surface area contributed by atoms with E-state index in [-0.39, 0.29) is 23.6 Å². The van der Waals surface area contributed by atoms with E-state index >= 15 is 0 Å². The largest absolute Gasteiger partial charge is 0.479 e. The van der Waals surface area contributed by atoms with Crippen LogP contribution < -0.4 is 4.74 Å². The number of aromatic nitrogens is 1. The molecule has 1 N–H and O–H groups in total. The number of aryl methyl sites for hydroxylation is 1. The van der Waals surface area contributed by atoms with Crippen LogP contribution in [0.2, 0.25) is 0 Å². The highest BCUT2D eigenvalue weighted by atomic mass is 79.9. The minimum absolute atomic E-state index is 0. The lowest BCUT2D eigenvalue weighted by Crippen LogP contribution is -2.10. The number of pyridine rings is 1. The summed E-state index contributed by atoms with van der Waals surface area (Å²) in [6, 6.07) is 5.20. The van der Waals surface area contributed by atoms with Crippen molar-refractivity contribution in [2.24, 2.45) is 0 Å². The summed E-state index contributed by atoms with van der Waals surface area (Å²) in [4.78, 5) is 14.1. The number of hydrogen-bond acceptors (Lipinski definition) is 3. The third kappa shape index (κ3) is 4.47. The molecule has 72 valence electrons. The molecule has 1 aromatic rings. The third-order valence-electron chi connectivity index (χ3n) is 1.21. The first-order chi connectivity index (χ1) is 5.68. The Morgan fingerprint density at radius 1 is 1.62 bits per heavy atom. The molecule has 0 aliphatic carbocycles. The molecule has 0 aliphatic rings. The molecule has 1 rings (SSSR count). The van der Waals surface area contributed by atoms with Crippen LogP contribution in [0.15, 0.2) is 18.2 Å². The maximum absolute atomic E-state index is 10.1. The Labute approximate surface area is 86.3 Å².